The van der Waals surface area contributed by atoms with Crippen LogP contribution in [-0.2, 0) is 16.1 Å². The lowest BCUT2D eigenvalue weighted by Crippen LogP contribution is -2.37. The molecule has 0 aromatic carbocycles. The monoisotopic (exact) mass is 378 g/mol. The van der Waals surface area contributed by atoms with E-state index in [2.05, 4.69) is 22.2 Å². The van der Waals surface area contributed by atoms with Crippen LogP contribution in [0.3, 0.4) is 0 Å². The predicted octanol–water partition coefficient (Wildman–Crippen LogP) is 1.69. The van der Waals surface area contributed by atoms with Crippen LogP contribution in [0.4, 0.5) is 5.82 Å². The quantitative estimate of drug-likeness (QED) is 0.553. The summed E-state index contributed by atoms with van der Waals surface area (Å²) < 4.78 is 7.31. The molecule has 0 atom stereocenters. The highest BCUT2D eigenvalue weighted by Crippen LogP contribution is 2.27. The normalized spacial score (nSPS) is 14.8. The highest BCUT2D eigenvalue weighted by Gasteiger charge is 2.20. The van der Waals surface area contributed by atoms with Gasteiger partial charge in [-0.25, -0.2) is 14.6 Å². The number of anilines is 1. The summed E-state index contributed by atoms with van der Waals surface area (Å²) in [5.41, 5.74) is 0.821. The number of nitrogens with one attached hydrogen (secondary N) is 1. The molecule has 2 aromatic rings. The molecular formula is C17H26N6O2S. The van der Waals surface area contributed by atoms with E-state index in [1.807, 2.05) is 17.8 Å². The first-order chi connectivity index (χ1) is 12.7. The van der Waals surface area contributed by atoms with Gasteiger partial charge in [-0.3, -0.25) is 4.79 Å². The van der Waals surface area contributed by atoms with Crippen LogP contribution in [-0.4, -0.2) is 64.3 Å². The van der Waals surface area contributed by atoms with Gasteiger partial charge in [0.05, 0.1) is 31.3 Å². The van der Waals surface area contributed by atoms with Crippen molar-refractivity contribution in [3.63, 3.8) is 0 Å². The fourth-order valence-electron chi connectivity index (χ4n) is 2.91. The number of rotatable bonds is 8. The maximum Gasteiger partial charge on any atom is 0.220 e. The van der Waals surface area contributed by atoms with E-state index in [9.17, 15) is 4.79 Å². The van der Waals surface area contributed by atoms with Gasteiger partial charge in [-0.05, 0) is 12.2 Å². The zero-order chi connectivity index (χ0) is 18.4. The van der Waals surface area contributed by atoms with Crippen molar-refractivity contribution in [2.45, 2.75) is 38.4 Å². The fourth-order valence-corrected chi connectivity index (χ4v) is 3.47. The summed E-state index contributed by atoms with van der Waals surface area (Å²) in [6.45, 7) is 8.28. The van der Waals surface area contributed by atoms with Crippen molar-refractivity contribution in [2.24, 2.45) is 0 Å². The Morgan fingerprint density at radius 1 is 1.31 bits per heavy atom. The number of hydrogen-bond donors (Lipinski definition) is 1. The molecule has 0 bridgehead atoms. The van der Waals surface area contributed by atoms with E-state index in [4.69, 9.17) is 14.7 Å². The summed E-state index contributed by atoms with van der Waals surface area (Å²) in [5.74, 6) is 1.92. The Hall–Kier alpha value is -1.87. The molecule has 0 radical (unpaired) electrons. The second-order valence-electron chi connectivity index (χ2n) is 6.07. The number of ether oxygens (including phenoxy) is 1. The summed E-state index contributed by atoms with van der Waals surface area (Å²) >= 11 is 1.62. The van der Waals surface area contributed by atoms with E-state index in [0.717, 1.165) is 47.3 Å². The zero-order valence-corrected chi connectivity index (χ0v) is 16.2. The average Bonchev–Trinajstić information content (AvgIpc) is 3.05. The summed E-state index contributed by atoms with van der Waals surface area (Å²) in [6.07, 6.45) is 3.24. The number of aromatic nitrogens is 4. The van der Waals surface area contributed by atoms with Gasteiger partial charge in [-0.1, -0.05) is 25.6 Å². The lowest BCUT2D eigenvalue weighted by molar-refractivity contribution is -0.121. The van der Waals surface area contributed by atoms with Gasteiger partial charge in [0.1, 0.15) is 5.82 Å². The summed E-state index contributed by atoms with van der Waals surface area (Å²) in [7, 11) is 0. The SMILES string of the molecule is CCCC(=O)NCCn1ncc2c(N3CCOCC3)nc(SCC)nc21. The van der Waals surface area contributed by atoms with Crippen LogP contribution in [0, 0.1) is 0 Å². The summed E-state index contributed by atoms with van der Waals surface area (Å²) in [5, 5.41) is 9.13. The molecule has 9 heteroatoms. The molecule has 1 amide bonds. The molecule has 26 heavy (non-hydrogen) atoms. The number of carbonyl (C=O) groups is 1. The molecule has 0 unspecified atom stereocenters. The second-order valence-corrected chi connectivity index (χ2v) is 7.30. The average molecular weight is 379 g/mol. The first-order valence-corrected chi connectivity index (χ1v) is 10.2. The molecule has 0 saturated carbocycles. The van der Waals surface area contributed by atoms with Crippen molar-refractivity contribution in [3.8, 4) is 0 Å². The van der Waals surface area contributed by atoms with E-state index in [0.29, 0.717) is 32.7 Å². The molecule has 1 fully saturated rings. The lowest BCUT2D eigenvalue weighted by atomic mass is 10.3. The van der Waals surface area contributed by atoms with Gasteiger partial charge in [0.15, 0.2) is 10.8 Å². The van der Waals surface area contributed by atoms with Crippen LogP contribution in [0.25, 0.3) is 11.0 Å². The number of amides is 1. The lowest BCUT2D eigenvalue weighted by Gasteiger charge is -2.28. The van der Waals surface area contributed by atoms with Crippen molar-refractivity contribution >= 4 is 34.5 Å². The van der Waals surface area contributed by atoms with Crippen LogP contribution in [0.2, 0.25) is 0 Å². The molecule has 3 heterocycles. The summed E-state index contributed by atoms with van der Waals surface area (Å²) in [6, 6.07) is 0. The van der Waals surface area contributed by atoms with Crippen molar-refractivity contribution < 1.29 is 9.53 Å². The smallest absolute Gasteiger partial charge is 0.220 e. The Morgan fingerprint density at radius 3 is 2.85 bits per heavy atom. The standard InChI is InChI=1S/C17H26N6O2S/c1-3-5-14(24)18-6-7-23-16-13(12-19-23)15(20-17(21-16)26-4-2)22-8-10-25-11-9-22/h12H,3-11H2,1-2H3,(H,18,24). The van der Waals surface area contributed by atoms with Crippen LogP contribution in [0.5, 0.6) is 0 Å². The van der Waals surface area contributed by atoms with Crippen LogP contribution in [0.15, 0.2) is 11.4 Å². The van der Waals surface area contributed by atoms with Crippen LogP contribution >= 0.6 is 11.8 Å². The number of hydrogen-bond acceptors (Lipinski definition) is 7. The van der Waals surface area contributed by atoms with Gasteiger partial charge in [-0.15, -0.1) is 0 Å². The highest BCUT2D eigenvalue weighted by atomic mass is 32.2. The van der Waals surface area contributed by atoms with Gasteiger partial charge in [0.2, 0.25) is 5.91 Å². The third kappa shape index (κ3) is 4.45. The van der Waals surface area contributed by atoms with Crippen molar-refractivity contribution in [1.29, 1.82) is 0 Å². The highest BCUT2D eigenvalue weighted by molar-refractivity contribution is 7.99. The maximum atomic E-state index is 11.6. The van der Waals surface area contributed by atoms with E-state index >= 15 is 0 Å². The molecule has 1 aliphatic rings. The Bertz CT molecular complexity index is 744. The molecule has 1 N–H and O–H groups in total. The summed E-state index contributed by atoms with van der Waals surface area (Å²) in [4.78, 5) is 23.3. The third-order valence-corrected chi connectivity index (χ3v) is 4.89. The number of carbonyl (C=O) groups excluding carboxylic acids is 1. The number of morpholine rings is 1. The molecule has 1 aliphatic heterocycles. The zero-order valence-electron chi connectivity index (χ0n) is 15.4. The van der Waals surface area contributed by atoms with Crippen LogP contribution < -0.4 is 10.2 Å². The number of thioether (sulfide) groups is 1. The largest absolute Gasteiger partial charge is 0.378 e. The van der Waals surface area contributed by atoms with Crippen LogP contribution in [0.1, 0.15) is 26.7 Å². The first-order valence-electron chi connectivity index (χ1n) is 9.18. The number of nitrogens with zero attached hydrogens (tertiary/aromatic N) is 5. The molecule has 142 valence electrons. The van der Waals surface area contributed by atoms with Gasteiger partial charge in [0.25, 0.3) is 0 Å². The van der Waals surface area contributed by atoms with E-state index in [-0.39, 0.29) is 5.91 Å². The van der Waals surface area contributed by atoms with E-state index in [1.54, 1.807) is 11.8 Å². The molecule has 3 rings (SSSR count). The van der Waals surface area contributed by atoms with Crippen molar-refractivity contribution in [1.82, 2.24) is 25.1 Å². The molecule has 8 nitrogen and oxygen atoms in total. The minimum absolute atomic E-state index is 0.0785. The molecule has 0 aliphatic carbocycles. The minimum Gasteiger partial charge on any atom is -0.378 e. The van der Waals surface area contributed by atoms with E-state index < -0.39 is 0 Å². The van der Waals surface area contributed by atoms with E-state index in [1.165, 1.54) is 0 Å². The van der Waals surface area contributed by atoms with Gasteiger partial charge >= 0.3 is 0 Å². The topological polar surface area (TPSA) is 85.2 Å². The van der Waals surface area contributed by atoms with Gasteiger partial charge in [0, 0.05) is 26.1 Å². The second kappa shape index (κ2) is 9.18. The fraction of sp³-hybridized carbons (Fsp3) is 0.647. The first kappa shape index (κ1) is 18.9. The van der Waals surface area contributed by atoms with Gasteiger partial charge in [-0.2, -0.15) is 5.10 Å². The third-order valence-electron chi connectivity index (χ3n) is 4.16. The molecular weight excluding hydrogens is 352 g/mol. The predicted molar refractivity (Wildman–Crippen MR) is 103 cm³/mol. The molecule has 0 spiro atoms. The Morgan fingerprint density at radius 2 is 2.12 bits per heavy atom. The maximum absolute atomic E-state index is 11.6. The Kier molecular flexibility index (Phi) is 6.67. The minimum atomic E-state index is 0.0785. The van der Waals surface area contributed by atoms with Gasteiger partial charge < -0.3 is 15.0 Å². The molecule has 2 aromatic heterocycles. The number of fused-ring (bicyclic) bond motifs is 1. The Labute approximate surface area is 157 Å². The van der Waals surface area contributed by atoms with Crippen molar-refractivity contribution in [2.75, 3.05) is 43.5 Å². The van der Waals surface area contributed by atoms with Crippen molar-refractivity contribution in [3.05, 3.63) is 6.20 Å². The Balaban J connectivity index is 1.83. The molecule has 1 saturated heterocycles.